The molecule has 1 heterocycles. The number of benzene rings is 1. The summed E-state index contributed by atoms with van der Waals surface area (Å²) >= 11 is 0. The maximum Gasteiger partial charge on any atom is 0.338 e. The first-order valence-corrected chi connectivity index (χ1v) is 8.32. The molecule has 1 aromatic carbocycles. The lowest BCUT2D eigenvalue weighted by Crippen LogP contribution is -2.07. The molecule has 2 rings (SSSR count). The van der Waals surface area contributed by atoms with Gasteiger partial charge < -0.3 is 4.74 Å². The maximum atomic E-state index is 12.0. The van der Waals surface area contributed by atoms with Crippen molar-refractivity contribution in [2.45, 2.75) is 33.1 Å². The Kier molecular flexibility index (Phi) is 6.86. The van der Waals surface area contributed by atoms with Gasteiger partial charge in [0.25, 0.3) is 5.69 Å². The summed E-state index contributed by atoms with van der Waals surface area (Å²) in [5.41, 5.74) is 2.43. The second kappa shape index (κ2) is 9.33. The number of hydrogen-bond acceptors (Lipinski definition) is 5. The molecule has 134 valence electrons. The van der Waals surface area contributed by atoms with Gasteiger partial charge in [-0.25, -0.2) is 9.78 Å². The fraction of sp³-hybridized carbons (Fsp3) is 0.300. The van der Waals surface area contributed by atoms with Crippen molar-refractivity contribution in [3.8, 4) is 11.8 Å². The molecule has 0 unspecified atom stereocenters. The van der Waals surface area contributed by atoms with Crippen LogP contribution in [0.4, 0.5) is 5.69 Å². The number of aromatic nitrogens is 1. The van der Waals surface area contributed by atoms with Gasteiger partial charge in [-0.3, -0.25) is 10.1 Å². The summed E-state index contributed by atoms with van der Waals surface area (Å²) in [6, 6.07) is 9.92. The highest BCUT2D eigenvalue weighted by Gasteiger charge is 2.14. The lowest BCUT2D eigenvalue weighted by molar-refractivity contribution is -0.385. The summed E-state index contributed by atoms with van der Waals surface area (Å²) in [6.45, 7) is 3.81. The predicted molar refractivity (Wildman–Crippen MR) is 97.8 cm³/mol. The minimum atomic E-state index is -0.474. The highest BCUT2D eigenvalue weighted by molar-refractivity contribution is 5.90. The molecular weight excluding hydrogens is 332 g/mol. The molecule has 6 nitrogen and oxygen atoms in total. The third kappa shape index (κ3) is 5.71. The van der Waals surface area contributed by atoms with Crippen LogP contribution in [-0.4, -0.2) is 22.5 Å². The zero-order valence-corrected chi connectivity index (χ0v) is 14.8. The van der Waals surface area contributed by atoms with E-state index in [0.29, 0.717) is 30.6 Å². The largest absolute Gasteiger partial charge is 0.462 e. The summed E-state index contributed by atoms with van der Waals surface area (Å²) in [7, 11) is 0. The van der Waals surface area contributed by atoms with Gasteiger partial charge in [0.05, 0.1) is 17.1 Å². The van der Waals surface area contributed by atoms with Crippen molar-refractivity contribution >= 4 is 11.7 Å². The number of ether oxygens (including phenoxy) is 1. The molecule has 1 aromatic heterocycles. The molecule has 0 N–H and O–H groups in total. The van der Waals surface area contributed by atoms with E-state index in [-0.39, 0.29) is 5.69 Å². The van der Waals surface area contributed by atoms with E-state index >= 15 is 0 Å². The van der Waals surface area contributed by atoms with Crippen molar-refractivity contribution in [1.82, 2.24) is 4.98 Å². The zero-order valence-electron chi connectivity index (χ0n) is 14.8. The minimum Gasteiger partial charge on any atom is -0.462 e. The average Bonchev–Trinajstić information content (AvgIpc) is 2.60. The number of aryl methyl sites for hydroxylation is 2. The molecule has 0 amide bonds. The van der Waals surface area contributed by atoms with Crippen LogP contribution in [0.3, 0.4) is 0 Å². The Morgan fingerprint density at radius 1 is 1.23 bits per heavy atom. The Bertz CT molecular complexity index is 866. The number of unbranched alkanes of at least 4 members (excludes halogenated alkanes) is 2. The van der Waals surface area contributed by atoms with Gasteiger partial charge in [-0.05, 0) is 56.9 Å². The maximum absolute atomic E-state index is 12.0. The Balaban J connectivity index is 1.72. The topological polar surface area (TPSA) is 82.3 Å². The molecule has 2 aromatic rings. The van der Waals surface area contributed by atoms with Crippen LogP contribution < -0.4 is 0 Å². The molecule has 0 atom stereocenters. The Hall–Kier alpha value is -3.20. The van der Waals surface area contributed by atoms with E-state index in [2.05, 4.69) is 16.8 Å². The van der Waals surface area contributed by atoms with E-state index in [1.807, 2.05) is 25.1 Å². The van der Waals surface area contributed by atoms with Crippen LogP contribution in [0.1, 0.15) is 46.6 Å². The highest BCUT2D eigenvalue weighted by Crippen LogP contribution is 2.19. The number of nitro groups is 1. The molecule has 0 saturated heterocycles. The second-order valence-electron chi connectivity index (χ2n) is 5.82. The summed E-state index contributed by atoms with van der Waals surface area (Å²) in [6.07, 6.45) is 2.21. The third-order valence-electron chi connectivity index (χ3n) is 3.66. The summed E-state index contributed by atoms with van der Waals surface area (Å²) in [5.74, 6) is 5.59. The second-order valence-corrected chi connectivity index (χ2v) is 5.82. The zero-order chi connectivity index (χ0) is 18.9. The SMILES string of the molecule is Cc1cccc(C#CCCCCOC(=O)c2ccc([N+](=O)[O-])c(C)c2)n1. The number of carbonyl (C=O) groups is 1. The molecule has 0 aliphatic rings. The number of esters is 1. The van der Waals surface area contributed by atoms with Gasteiger partial charge in [0, 0.05) is 23.7 Å². The van der Waals surface area contributed by atoms with Crippen molar-refractivity contribution in [2.24, 2.45) is 0 Å². The van der Waals surface area contributed by atoms with Crippen molar-refractivity contribution in [3.63, 3.8) is 0 Å². The Labute approximate surface area is 152 Å². The van der Waals surface area contributed by atoms with E-state index < -0.39 is 10.9 Å². The Morgan fingerprint density at radius 3 is 2.73 bits per heavy atom. The van der Waals surface area contributed by atoms with Gasteiger partial charge in [0.2, 0.25) is 0 Å². The first-order chi connectivity index (χ1) is 12.5. The van der Waals surface area contributed by atoms with Gasteiger partial charge in [-0.2, -0.15) is 0 Å². The molecule has 0 bridgehead atoms. The van der Waals surface area contributed by atoms with Crippen molar-refractivity contribution in [3.05, 3.63) is 69.0 Å². The Morgan fingerprint density at radius 2 is 2.04 bits per heavy atom. The smallest absolute Gasteiger partial charge is 0.338 e. The quantitative estimate of drug-likeness (QED) is 0.258. The first kappa shape index (κ1) is 19.1. The van der Waals surface area contributed by atoms with Crippen molar-refractivity contribution in [1.29, 1.82) is 0 Å². The third-order valence-corrected chi connectivity index (χ3v) is 3.66. The van der Waals surface area contributed by atoms with Crippen LogP contribution in [0.2, 0.25) is 0 Å². The van der Waals surface area contributed by atoms with Crippen molar-refractivity contribution in [2.75, 3.05) is 6.61 Å². The van der Waals surface area contributed by atoms with Gasteiger partial charge in [-0.1, -0.05) is 12.0 Å². The summed E-state index contributed by atoms with van der Waals surface area (Å²) in [5, 5.41) is 10.8. The van der Waals surface area contributed by atoms with E-state index in [9.17, 15) is 14.9 Å². The van der Waals surface area contributed by atoms with Crippen LogP contribution in [0, 0.1) is 35.8 Å². The minimum absolute atomic E-state index is 0.0109. The molecular formula is C20H20N2O4. The van der Waals surface area contributed by atoms with E-state index in [4.69, 9.17) is 4.74 Å². The lowest BCUT2D eigenvalue weighted by Gasteiger charge is -2.05. The molecule has 0 aliphatic heterocycles. The average molecular weight is 352 g/mol. The molecule has 26 heavy (non-hydrogen) atoms. The van der Waals surface area contributed by atoms with E-state index in [1.165, 1.54) is 18.2 Å². The summed E-state index contributed by atoms with van der Waals surface area (Å²) < 4.78 is 5.19. The number of pyridine rings is 1. The van der Waals surface area contributed by atoms with E-state index in [0.717, 1.165) is 17.8 Å². The fourth-order valence-electron chi connectivity index (χ4n) is 2.32. The summed E-state index contributed by atoms with van der Waals surface area (Å²) in [4.78, 5) is 26.6. The van der Waals surface area contributed by atoms with Crippen LogP contribution in [0.15, 0.2) is 36.4 Å². The monoisotopic (exact) mass is 352 g/mol. The van der Waals surface area contributed by atoms with Crippen molar-refractivity contribution < 1.29 is 14.5 Å². The predicted octanol–water partition coefficient (Wildman–Crippen LogP) is 3.99. The van der Waals surface area contributed by atoms with Gasteiger partial charge in [0.1, 0.15) is 5.69 Å². The number of carbonyl (C=O) groups excluding carboxylic acids is 1. The standard InChI is InChI=1S/C20H20N2O4/c1-15-14-17(11-12-19(15)22(24)25)20(23)26-13-6-4-3-5-9-18-10-7-8-16(2)21-18/h7-8,10-12,14H,3-4,6,13H2,1-2H3. The number of nitro benzene ring substituents is 1. The normalized spacial score (nSPS) is 9.92. The molecule has 0 radical (unpaired) electrons. The molecule has 0 aliphatic carbocycles. The number of hydrogen-bond donors (Lipinski definition) is 0. The fourth-order valence-corrected chi connectivity index (χ4v) is 2.32. The molecule has 6 heteroatoms. The van der Waals surface area contributed by atoms with Crippen LogP contribution in [0.5, 0.6) is 0 Å². The van der Waals surface area contributed by atoms with Gasteiger partial charge in [0.15, 0.2) is 0 Å². The molecule has 0 spiro atoms. The van der Waals surface area contributed by atoms with Crippen LogP contribution in [0.25, 0.3) is 0 Å². The lowest BCUT2D eigenvalue weighted by atomic mass is 10.1. The highest BCUT2D eigenvalue weighted by atomic mass is 16.6. The van der Waals surface area contributed by atoms with Crippen LogP contribution in [-0.2, 0) is 4.74 Å². The molecule has 0 saturated carbocycles. The van der Waals surface area contributed by atoms with Crippen LogP contribution >= 0.6 is 0 Å². The van der Waals surface area contributed by atoms with Gasteiger partial charge >= 0.3 is 5.97 Å². The van der Waals surface area contributed by atoms with E-state index in [1.54, 1.807) is 6.92 Å². The first-order valence-electron chi connectivity index (χ1n) is 8.32. The number of nitrogens with zero attached hydrogens (tertiary/aromatic N) is 2. The molecule has 0 fully saturated rings. The number of rotatable bonds is 6. The van der Waals surface area contributed by atoms with Gasteiger partial charge in [-0.15, -0.1) is 0 Å².